The van der Waals surface area contributed by atoms with Crippen molar-refractivity contribution in [1.29, 1.82) is 0 Å². The smallest absolute Gasteiger partial charge is 0.361 e. The van der Waals surface area contributed by atoms with E-state index in [0.29, 0.717) is 17.4 Å². The molecule has 2 atom stereocenters. The number of quaternary nitrogens is 1. The Bertz CT molecular complexity index is 2000. The Hall–Kier alpha value is -4.05. The van der Waals surface area contributed by atoms with Crippen molar-refractivity contribution >= 4 is 17.9 Å². The van der Waals surface area contributed by atoms with E-state index in [1.54, 1.807) is 0 Å². The first-order chi connectivity index (χ1) is 48.6. The molecule has 0 saturated heterocycles. The minimum Gasteiger partial charge on any atom is -0.477 e. The zero-order chi connectivity index (χ0) is 71.8. The summed E-state index contributed by atoms with van der Waals surface area (Å²) in [5.41, 5.74) is 0. The van der Waals surface area contributed by atoms with Gasteiger partial charge in [-0.25, -0.2) is 4.79 Å². The second kappa shape index (κ2) is 79.6. The molecule has 2 unspecified atom stereocenters. The van der Waals surface area contributed by atoms with E-state index < -0.39 is 24.3 Å². The first kappa shape index (κ1) is 94.9. The van der Waals surface area contributed by atoms with Crippen molar-refractivity contribution in [2.75, 3.05) is 47.5 Å². The lowest BCUT2D eigenvalue weighted by atomic mass is 10.0. The predicted octanol–water partition coefficient (Wildman–Crippen LogP) is 27.3. The first-order valence-electron chi connectivity index (χ1n) is 42.1. The summed E-state index contributed by atoms with van der Waals surface area (Å²) in [4.78, 5) is 37.8. The molecule has 0 amide bonds. The Morgan fingerprint density at radius 2 is 0.576 bits per heavy atom. The van der Waals surface area contributed by atoms with Gasteiger partial charge in [-0.2, -0.15) is 0 Å². The second-order valence-electron chi connectivity index (χ2n) is 29.4. The fraction of sp³-hybridized carbons (Fsp3) is 0.767. The van der Waals surface area contributed by atoms with Crippen LogP contribution < -0.4 is 0 Å². The van der Waals surface area contributed by atoms with E-state index in [0.717, 1.165) is 89.9 Å². The highest BCUT2D eigenvalue weighted by Crippen LogP contribution is 2.19. The highest BCUT2D eigenvalue weighted by molar-refractivity contribution is 5.71. The van der Waals surface area contributed by atoms with Gasteiger partial charge in [0.05, 0.1) is 34.4 Å². The quantitative estimate of drug-likeness (QED) is 0.0211. The molecule has 0 aliphatic carbocycles. The third-order valence-electron chi connectivity index (χ3n) is 18.5. The van der Waals surface area contributed by atoms with Crippen LogP contribution in [0.5, 0.6) is 0 Å². The number of rotatable bonds is 78. The van der Waals surface area contributed by atoms with E-state index in [-0.39, 0.29) is 32.2 Å². The van der Waals surface area contributed by atoms with Crippen LogP contribution in [0, 0.1) is 0 Å². The maximum Gasteiger partial charge on any atom is 0.361 e. The molecule has 0 heterocycles. The summed E-state index contributed by atoms with van der Waals surface area (Å²) in [6.07, 6.45) is 110. The lowest BCUT2D eigenvalue weighted by Gasteiger charge is -2.25. The third-order valence-corrected chi connectivity index (χ3v) is 18.5. The minimum absolute atomic E-state index is 0.181. The molecular formula is C90H160NO8+. The van der Waals surface area contributed by atoms with Gasteiger partial charge in [0.1, 0.15) is 13.2 Å². The zero-order valence-corrected chi connectivity index (χ0v) is 65.6. The van der Waals surface area contributed by atoms with E-state index in [2.05, 4.69) is 123 Å². The fourth-order valence-corrected chi connectivity index (χ4v) is 12.1. The van der Waals surface area contributed by atoms with Gasteiger partial charge >= 0.3 is 17.9 Å². The van der Waals surface area contributed by atoms with Gasteiger partial charge in [0.15, 0.2) is 6.10 Å². The van der Waals surface area contributed by atoms with Gasteiger partial charge in [-0.3, -0.25) is 9.59 Å². The summed E-state index contributed by atoms with van der Waals surface area (Å²) < 4.78 is 23.1. The van der Waals surface area contributed by atoms with Crippen LogP contribution in [0.15, 0.2) is 109 Å². The number of carbonyl (C=O) groups is 3. The normalized spacial score (nSPS) is 13.2. The maximum atomic E-state index is 13.0. The molecule has 572 valence electrons. The summed E-state index contributed by atoms with van der Waals surface area (Å²) in [7, 11) is 5.99. The molecule has 0 spiro atoms. The Morgan fingerprint density at radius 1 is 0.313 bits per heavy atom. The molecule has 0 rings (SSSR count). The number of unbranched alkanes of at least 4 members (excludes halogenated alkanes) is 45. The Labute approximate surface area is 613 Å². The molecule has 0 radical (unpaired) electrons. The van der Waals surface area contributed by atoms with E-state index in [1.807, 2.05) is 21.1 Å². The molecule has 0 aliphatic rings. The van der Waals surface area contributed by atoms with Crippen molar-refractivity contribution in [3.63, 3.8) is 0 Å². The first-order valence-corrected chi connectivity index (χ1v) is 42.1. The molecule has 0 aromatic heterocycles. The van der Waals surface area contributed by atoms with Crippen LogP contribution in [0.4, 0.5) is 0 Å². The van der Waals surface area contributed by atoms with Gasteiger partial charge in [0.2, 0.25) is 0 Å². The number of nitrogens with zero attached hydrogens (tertiary/aromatic N) is 1. The summed E-state index contributed by atoms with van der Waals surface area (Å²) in [5, 5.41) is 9.78. The second-order valence-corrected chi connectivity index (χ2v) is 29.4. The number of esters is 2. The predicted molar refractivity (Wildman–Crippen MR) is 428 cm³/mol. The van der Waals surface area contributed by atoms with Crippen molar-refractivity contribution < 1.29 is 42.9 Å². The topological polar surface area (TPSA) is 108 Å². The zero-order valence-electron chi connectivity index (χ0n) is 65.6. The van der Waals surface area contributed by atoms with E-state index in [9.17, 15) is 19.5 Å². The maximum absolute atomic E-state index is 13.0. The van der Waals surface area contributed by atoms with Crippen LogP contribution in [0.25, 0.3) is 0 Å². The third kappa shape index (κ3) is 81.1. The SMILES string of the molecule is CC/C=C\C/C=C\C/C=C\C/C=C\C/C=C\C/C=C\C/C=C\CCCCCCCCCCCCCCCCCC(=O)OC(COC(=O)CCCCCCCCCCCCCCCCCCCCCCCCCCC/C=C\C/C=C\CCCCCCC)COC(OCC[N+](C)(C)C)C(=O)O. The Morgan fingerprint density at radius 3 is 0.859 bits per heavy atom. The molecule has 0 saturated carbocycles. The molecule has 1 N–H and O–H groups in total. The molecule has 0 bridgehead atoms. The molecule has 0 aromatic carbocycles. The number of carbonyl (C=O) groups excluding carboxylic acids is 2. The van der Waals surface area contributed by atoms with Crippen LogP contribution in [-0.2, 0) is 33.3 Å². The van der Waals surface area contributed by atoms with E-state index in [4.69, 9.17) is 18.9 Å². The van der Waals surface area contributed by atoms with Gasteiger partial charge in [-0.1, -0.05) is 380 Å². The molecule has 0 aliphatic heterocycles. The standard InChI is InChI=1S/C90H159NO8/c1-6-8-10-12-14-16-18-20-22-24-26-28-30-32-34-36-38-40-42-44-46-48-50-52-54-56-58-60-62-64-66-68-70-72-74-76-78-80-87(92)97-84-86(85-98-90(89(94)95)96-83-82-91(3,4)5)99-88(93)81-79-77-75-73-71-69-67-65-63-61-59-57-55-53-51-49-47-45-43-41-39-37-35-33-31-29-27-25-23-21-19-17-15-13-11-9-7-2/h9,11,15,17-18,20-21,23-24,26-27,29,33,35,39,41,45,47,86,90H,6-8,10,12-14,16,19,22,25,28,30-32,34,36-38,40,42-44,46,48-85H2,1-5H3/p+1/b11-9-,17-15-,20-18-,23-21-,26-24-,29-27-,35-33-,41-39-,47-45-. The van der Waals surface area contributed by atoms with Crippen LogP contribution in [0.1, 0.15) is 386 Å². The van der Waals surface area contributed by atoms with Gasteiger partial charge < -0.3 is 28.5 Å². The molecule has 0 aromatic rings. The number of carboxylic acids is 1. The number of carboxylic acid groups (broad SMARTS) is 1. The monoisotopic (exact) mass is 1380 g/mol. The van der Waals surface area contributed by atoms with Crippen molar-refractivity contribution in [3.05, 3.63) is 109 Å². The molecule has 9 heteroatoms. The number of hydrogen-bond acceptors (Lipinski definition) is 7. The summed E-state index contributed by atoms with van der Waals surface area (Å²) in [6.45, 7) is 4.80. The molecule has 99 heavy (non-hydrogen) atoms. The number of hydrogen-bond donors (Lipinski definition) is 1. The summed E-state index contributed by atoms with van der Waals surface area (Å²) in [6, 6.07) is 0. The van der Waals surface area contributed by atoms with Crippen molar-refractivity contribution in [1.82, 2.24) is 0 Å². The summed E-state index contributed by atoms with van der Waals surface area (Å²) >= 11 is 0. The van der Waals surface area contributed by atoms with Crippen molar-refractivity contribution in [2.45, 2.75) is 399 Å². The Kier molecular flexibility index (Phi) is 76.4. The highest BCUT2D eigenvalue weighted by Gasteiger charge is 2.25. The van der Waals surface area contributed by atoms with Crippen molar-refractivity contribution in [2.24, 2.45) is 0 Å². The van der Waals surface area contributed by atoms with Gasteiger partial charge in [-0.15, -0.1) is 0 Å². The lowest BCUT2D eigenvalue weighted by Crippen LogP contribution is -2.40. The largest absolute Gasteiger partial charge is 0.477 e. The van der Waals surface area contributed by atoms with E-state index >= 15 is 0 Å². The molecular weight excluding hydrogens is 1220 g/mol. The number of allylic oxidation sites excluding steroid dienone is 18. The number of likely N-dealkylation sites (N-methyl/N-ethyl adjacent to an activating group) is 1. The number of aliphatic carboxylic acids is 1. The molecule has 0 fully saturated rings. The number of ether oxygens (including phenoxy) is 4. The van der Waals surface area contributed by atoms with E-state index in [1.165, 1.54) is 270 Å². The van der Waals surface area contributed by atoms with Gasteiger partial charge in [-0.05, 0) is 103 Å². The average molecular weight is 1380 g/mol. The van der Waals surface area contributed by atoms with Crippen LogP contribution in [-0.4, -0.2) is 87.4 Å². The fourth-order valence-electron chi connectivity index (χ4n) is 12.1. The lowest BCUT2D eigenvalue weighted by molar-refractivity contribution is -0.870. The summed E-state index contributed by atoms with van der Waals surface area (Å²) in [5.74, 6) is -1.99. The van der Waals surface area contributed by atoms with Crippen LogP contribution in [0.3, 0.4) is 0 Å². The van der Waals surface area contributed by atoms with Gasteiger partial charge in [0.25, 0.3) is 6.29 Å². The van der Waals surface area contributed by atoms with Crippen molar-refractivity contribution in [3.8, 4) is 0 Å². The highest BCUT2D eigenvalue weighted by atomic mass is 16.7. The average Bonchev–Trinajstić information content (AvgIpc) is 2.19. The Balaban J connectivity index is 3.99. The molecule has 9 nitrogen and oxygen atoms in total. The van der Waals surface area contributed by atoms with Gasteiger partial charge in [0, 0.05) is 12.8 Å². The van der Waals surface area contributed by atoms with Crippen LogP contribution >= 0.6 is 0 Å². The van der Waals surface area contributed by atoms with Crippen LogP contribution in [0.2, 0.25) is 0 Å². The minimum atomic E-state index is -1.51.